The van der Waals surface area contributed by atoms with Gasteiger partial charge in [-0.1, -0.05) is 0 Å². The van der Waals surface area contributed by atoms with Crippen LogP contribution in [0.5, 0.6) is 0 Å². The lowest BCUT2D eigenvalue weighted by Gasteiger charge is -2.59. The summed E-state index contributed by atoms with van der Waals surface area (Å²) in [6.07, 6.45) is 7.78. The van der Waals surface area contributed by atoms with Crippen LogP contribution in [0.1, 0.15) is 59.3 Å². The second-order valence-corrected chi connectivity index (χ2v) is 8.41. The maximum atomic E-state index is 12.3. The Hall–Kier alpha value is -1.06. The summed E-state index contributed by atoms with van der Waals surface area (Å²) in [5, 5.41) is 12.2. The number of carboxylic acids is 1. The Bertz CT molecular complexity index is 433. The molecule has 118 valence electrons. The summed E-state index contributed by atoms with van der Waals surface area (Å²) in [5.41, 5.74) is -1.13. The van der Waals surface area contributed by atoms with E-state index in [-0.39, 0.29) is 17.4 Å². The number of nitrogens with one attached hydrogen (secondary N) is 1. The largest absolute Gasteiger partial charge is 0.480 e. The first-order valence-corrected chi connectivity index (χ1v) is 8.27. The van der Waals surface area contributed by atoms with E-state index >= 15 is 0 Å². The van der Waals surface area contributed by atoms with Crippen molar-refractivity contribution in [1.29, 1.82) is 0 Å². The number of rotatable bonds is 4. The lowest BCUT2D eigenvalue weighted by atomic mass is 9.48. The molecule has 0 aromatic carbocycles. The second-order valence-electron chi connectivity index (χ2n) is 8.41. The van der Waals surface area contributed by atoms with E-state index in [2.05, 4.69) is 12.2 Å². The van der Waals surface area contributed by atoms with E-state index in [9.17, 15) is 14.7 Å². The van der Waals surface area contributed by atoms with Crippen molar-refractivity contribution in [3.05, 3.63) is 0 Å². The molecule has 0 spiro atoms. The van der Waals surface area contributed by atoms with Crippen LogP contribution in [0.2, 0.25) is 0 Å². The maximum absolute atomic E-state index is 12.3. The van der Waals surface area contributed by atoms with Crippen LogP contribution >= 0.6 is 0 Å². The molecule has 0 aromatic heterocycles. The fourth-order valence-corrected chi connectivity index (χ4v) is 5.34. The lowest BCUT2D eigenvalue weighted by molar-refractivity contribution is -0.154. The summed E-state index contributed by atoms with van der Waals surface area (Å²) in [6.45, 7) is 5.05. The topological polar surface area (TPSA) is 66.4 Å². The van der Waals surface area contributed by atoms with Gasteiger partial charge in [-0.05, 0) is 82.5 Å². The van der Waals surface area contributed by atoms with E-state index in [1.165, 1.54) is 52.4 Å². The Balaban J connectivity index is 1.72. The third-order valence-electron chi connectivity index (χ3n) is 6.45. The summed E-state index contributed by atoms with van der Waals surface area (Å²) in [5.74, 6) is 1.10. The average molecular weight is 293 g/mol. The van der Waals surface area contributed by atoms with Gasteiger partial charge in [0.05, 0.1) is 0 Å². The molecule has 4 fully saturated rings. The van der Waals surface area contributed by atoms with E-state index in [0.717, 1.165) is 17.8 Å². The van der Waals surface area contributed by atoms with E-state index in [4.69, 9.17) is 0 Å². The molecular formula is C17H27NO3. The molecule has 4 rings (SSSR count). The van der Waals surface area contributed by atoms with Crippen molar-refractivity contribution >= 4 is 11.9 Å². The van der Waals surface area contributed by atoms with Crippen molar-refractivity contribution in [2.45, 2.75) is 65.3 Å². The van der Waals surface area contributed by atoms with Gasteiger partial charge in [-0.3, -0.25) is 9.59 Å². The minimum atomic E-state index is -1.35. The minimum absolute atomic E-state index is 0.0806. The highest BCUT2D eigenvalue weighted by molar-refractivity contribution is 6.01. The molecule has 1 atom stereocenters. The zero-order valence-electron chi connectivity index (χ0n) is 13.3. The third kappa shape index (κ3) is 2.36. The van der Waals surface area contributed by atoms with Crippen LogP contribution in [0, 0.1) is 28.6 Å². The maximum Gasteiger partial charge on any atom is 0.318 e. The molecule has 1 amide bonds. The molecule has 4 saturated carbocycles. The van der Waals surface area contributed by atoms with E-state index in [1.807, 2.05) is 0 Å². The zero-order chi connectivity index (χ0) is 15.4. The second kappa shape index (κ2) is 4.72. The van der Waals surface area contributed by atoms with Crippen molar-refractivity contribution in [3.8, 4) is 0 Å². The van der Waals surface area contributed by atoms with Crippen LogP contribution in [0.3, 0.4) is 0 Å². The highest BCUT2D eigenvalue weighted by Crippen LogP contribution is 2.61. The summed E-state index contributed by atoms with van der Waals surface area (Å²) in [4.78, 5) is 23.5. The Labute approximate surface area is 126 Å². The molecule has 4 bridgehead atoms. The molecule has 4 aliphatic carbocycles. The quantitative estimate of drug-likeness (QED) is 0.783. The van der Waals surface area contributed by atoms with Crippen LogP contribution in [-0.4, -0.2) is 23.0 Å². The monoisotopic (exact) mass is 293 g/mol. The molecule has 4 nitrogen and oxygen atoms in total. The average Bonchev–Trinajstić information content (AvgIpc) is 2.36. The van der Waals surface area contributed by atoms with Crippen LogP contribution in [-0.2, 0) is 9.59 Å². The Morgan fingerprint density at radius 1 is 1.10 bits per heavy atom. The number of hydrogen-bond acceptors (Lipinski definition) is 2. The molecule has 0 aliphatic heterocycles. The van der Waals surface area contributed by atoms with Gasteiger partial charge in [-0.25, -0.2) is 0 Å². The molecule has 0 radical (unpaired) electrons. The number of aliphatic carboxylic acids is 1. The standard InChI is InChI=1S/C17H27NO3/c1-10(18-14(19)16(2,3)15(20)21)17-7-11-4-12(8-17)6-13(5-11)9-17/h10-13H,4-9H2,1-3H3,(H,18,19)(H,20,21). The molecule has 2 N–H and O–H groups in total. The van der Waals surface area contributed by atoms with Crippen LogP contribution in [0.15, 0.2) is 0 Å². The lowest BCUT2D eigenvalue weighted by Crippen LogP contribution is -2.57. The number of carbonyl (C=O) groups excluding carboxylic acids is 1. The van der Waals surface area contributed by atoms with Gasteiger partial charge in [-0.2, -0.15) is 0 Å². The van der Waals surface area contributed by atoms with Gasteiger partial charge in [0, 0.05) is 6.04 Å². The molecule has 0 aromatic rings. The molecule has 4 heteroatoms. The van der Waals surface area contributed by atoms with Crippen molar-refractivity contribution in [2.24, 2.45) is 28.6 Å². The highest BCUT2D eigenvalue weighted by Gasteiger charge is 2.53. The van der Waals surface area contributed by atoms with Gasteiger partial charge in [0.15, 0.2) is 0 Å². The first kappa shape index (κ1) is 14.9. The first-order chi connectivity index (χ1) is 9.73. The van der Waals surface area contributed by atoms with Gasteiger partial charge >= 0.3 is 5.97 Å². The van der Waals surface area contributed by atoms with Gasteiger partial charge < -0.3 is 10.4 Å². The van der Waals surface area contributed by atoms with E-state index in [0.29, 0.717) is 0 Å². The first-order valence-electron chi connectivity index (χ1n) is 8.27. The van der Waals surface area contributed by atoms with Crippen molar-refractivity contribution < 1.29 is 14.7 Å². The van der Waals surface area contributed by atoms with E-state index < -0.39 is 11.4 Å². The van der Waals surface area contributed by atoms with Crippen LogP contribution in [0.25, 0.3) is 0 Å². The fraction of sp³-hybridized carbons (Fsp3) is 0.882. The predicted octanol–water partition coefficient (Wildman–Crippen LogP) is 2.82. The Kier molecular flexibility index (Phi) is 3.34. The number of amides is 1. The SMILES string of the molecule is CC(NC(=O)C(C)(C)C(=O)O)C12CC3CC(CC(C3)C1)C2. The Morgan fingerprint density at radius 3 is 1.90 bits per heavy atom. The van der Waals surface area contributed by atoms with E-state index in [1.54, 1.807) is 0 Å². The fourth-order valence-electron chi connectivity index (χ4n) is 5.34. The summed E-state index contributed by atoms with van der Waals surface area (Å²) < 4.78 is 0. The van der Waals surface area contributed by atoms with Gasteiger partial charge in [0.2, 0.25) is 5.91 Å². The van der Waals surface area contributed by atoms with Gasteiger partial charge in [-0.15, -0.1) is 0 Å². The normalized spacial score (nSPS) is 39.1. The van der Waals surface area contributed by atoms with Crippen LogP contribution in [0.4, 0.5) is 0 Å². The molecular weight excluding hydrogens is 266 g/mol. The highest BCUT2D eigenvalue weighted by atomic mass is 16.4. The molecule has 1 unspecified atom stereocenters. The number of carboxylic acid groups (broad SMARTS) is 1. The minimum Gasteiger partial charge on any atom is -0.480 e. The third-order valence-corrected chi connectivity index (χ3v) is 6.45. The predicted molar refractivity (Wildman–Crippen MR) is 79.6 cm³/mol. The number of hydrogen-bond donors (Lipinski definition) is 2. The van der Waals surface area contributed by atoms with Gasteiger partial charge in [0.1, 0.15) is 5.41 Å². The zero-order valence-corrected chi connectivity index (χ0v) is 13.3. The van der Waals surface area contributed by atoms with Crippen molar-refractivity contribution in [1.82, 2.24) is 5.32 Å². The van der Waals surface area contributed by atoms with Gasteiger partial charge in [0.25, 0.3) is 0 Å². The summed E-state index contributed by atoms with van der Waals surface area (Å²) in [7, 11) is 0. The summed E-state index contributed by atoms with van der Waals surface area (Å²) >= 11 is 0. The molecule has 4 aliphatic rings. The summed E-state index contributed by atoms with van der Waals surface area (Å²) in [6, 6.07) is 0.0806. The molecule has 21 heavy (non-hydrogen) atoms. The van der Waals surface area contributed by atoms with Crippen LogP contribution < -0.4 is 5.32 Å². The van der Waals surface area contributed by atoms with Crippen molar-refractivity contribution in [3.63, 3.8) is 0 Å². The molecule has 0 saturated heterocycles. The van der Waals surface area contributed by atoms with Crippen molar-refractivity contribution in [2.75, 3.05) is 0 Å². The Morgan fingerprint density at radius 2 is 1.52 bits per heavy atom. The number of carbonyl (C=O) groups is 2. The molecule has 0 heterocycles. The smallest absolute Gasteiger partial charge is 0.318 e.